The number of hydrogen-bond donors (Lipinski definition) is 0. The second-order valence-corrected chi connectivity index (χ2v) is 9.07. The normalized spacial score (nSPS) is 11.8. The minimum Gasteiger partial charge on any atom is -0.297 e. The van der Waals surface area contributed by atoms with Crippen molar-refractivity contribution in [2.24, 2.45) is 0 Å². The van der Waals surface area contributed by atoms with E-state index in [0.29, 0.717) is 5.69 Å². The Morgan fingerprint density at radius 2 is 1.23 bits per heavy atom. The van der Waals surface area contributed by atoms with E-state index in [2.05, 4.69) is 24.3 Å². The van der Waals surface area contributed by atoms with E-state index in [1.165, 1.54) is 12.1 Å². The van der Waals surface area contributed by atoms with E-state index in [1.54, 1.807) is 0 Å². The van der Waals surface area contributed by atoms with Gasteiger partial charge in [-0.15, -0.1) is 0 Å². The number of alkyl halides is 3. The van der Waals surface area contributed by atoms with Gasteiger partial charge in [-0.25, -0.2) is 4.98 Å². The third-order valence-corrected chi connectivity index (χ3v) is 7.34. The summed E-state index contributed by atoms with van der Waals surface area (Å²) in [6.07, 6.45) is -4.36. The SMILES string of the molecule is Cc1nc(P(c2ccccc2)c2ccccc2)n(-c2ccc(C(F)(F)F)cc2)c1C. The largest absolute Gasteiger partial charge is 0.416 e. The van der Waals surface area contributed by atoms with Crippen molar-refractivity contribution >= 4 is 24.1 Å². The van der Waals surface area contributed by atoms with Gasteiger partial charge in [0.05, 0.1) is 11.3 Å². The summed E-state index contributed by atoms with van der Waals surface area (Å²) in [6, 6.07) is 25.5. The van der Waals surface area contributed by atoms with Gasteiger partial charge in [0.1, 0.15) is 5.57 Å². The molecule has 3 aromatic carbocycles. The van der Waals surface area contributed by atoms with Crippen LogP contribution in [0.25, 0.3) is 5.69 Å². The van der Waals surface area contributed by atoms with Crippen LogP contribution in [0.5, 0.6) is 0 Å². The molecule has 0 aliphatic rings. The van der Waals surface area contributed by atoms with Gasteiger partial charge in [-0.2, -0.15) is 13.2 Å². The maximum atomic E-state index is 13.0. The fourth-order valence-electron chi connectivity index (χ4n) is 3.39. The van der Waals surface area contributed by atoms with Crippen molar-refractivity contribution in [3.8, 4) is 5.69 Å². The third kappa shape index (κ3) is 3.90. The molecule has 0 saturated carbocycles. The second-order valence-electron chi connectivity index (χ2n) is 6.97. The molecule has 0 amide bonds. The first-order chi connectivity index (χ1) is 14.4. The van der Waals surface area contributed by atoms with Crippen molar-refractivity contribution in [3.05, 3.63) is 102 Å². The number of nitrogens with zero attached hydrogens (tertiary/aromatic N) is 2. The summed E-state index contributed by atoms with van der Waals surface area (Å²) in [5.41, 5.74) is 2.65. The van der Waals surface area contributed by atoms with Gasteiger partial charge >= 0.3 is 6.18 Å². The van der Waals surface area contributed by atoms with Crippen molar-refractivity contribution in [3.63, 3.8) is 0 Å². The van der Waals surface area contributed by atoms with Crippen LogP contribution in [0.1, 0.15) is 17.0 Å². The molecule has 0 saturated heterocycles. The molecule has 0 N–H and O–H groups in total. The predicted molar refractivity (Wildman–Crippen MR) is 117 cm³/mol. The Balaban J connectivity index is 1.91. The van der Waals surface area contributed by atoms with Gasteiger partial charge < -0.3 is 0 Å². The Bertz CT molecular complexity index is 1100. The van der Waals surface area contributed by atoms with Gasteiger partial charge in [0.2, 0.25) is 0 Å². The molecule has 2 nitrogen and oxygen atoms in total. The first kappa shape index (κ1) is 20.4. The molecule has 4 rings (SSSR count). The van der Waals surface area contributed by atoms with Crippen LogP contribution in [-0.4, -0.2) is 9.55 Å². The van der Waals surface area contributed by atoms with Crippen LogP contribution in [0.15, 0.2) is 84.9 Å². The molecule has 0 aliphatic heterocycles. The van der Waals surface area contributed by atoms with Crippen LogP contribution in [0.2, 0.25) is 0 Å². The molecule has 30 heavy (non-hydrogen) atoms. The third-order valence-electron chi connectivity index (χ3n) is 5.01. The maximum Gasteiger partial charge on any atom is 0.416 e. The van der Waals surface area contributed by atoms with Crippen LogP contribution in [0, 0.1) is 13.8 Å². The average molecular weight is 424 g/mol. The van der Waals surface area contributed by atoms with Crippen LogP contribution in [0.4, 0.5) is 13.2 Å². The fourth-order valence-corrected chi connectivity index (χ4v) is 5.80. The first-order valence-corrected chi connectivity index (χ1v) is 10.8. The quantitative estimate of drug-likeness (QED) is 0.409. The number of aromatic nitrogens is 2. The number of aryl methyl sites for hydroxylation is 1. The number of rotatable bonds is 4. The van der Waals surface area contributed by atoms with E-state index in [4.69, 9.17) is 4.98 Å². The summed E-state index contributed by atoms with van der Waals surface area (Å²) in [5, 5.41) is 2.27. The zero-order valence-corrected chi connectivity index (χ0v) is 17.5. The summed E-state index contributed by atoms with van der Waals surface area (Å²) < 4.78 is 41.1. The molecule has 152 valence electrons. The highest BCUT2D eigenvalue weighted by Crippen LogP contribution is 2.35. The number of halogens is 3. The van der Waals surface area contributed by atoms with Gasteiger partial charge in [-0.1, -0.05) is 60.7 Å². The minimum absolute atomic E-state index is 0.657. The minimum atomic E-state index is -4.36. The van der Waals surface area contributed by atoms with Crippen LogP contribution < -0.4 is 16.2 Å². The summed E-state index contributed by atoms with van der Waals surface area (Å²) in [6.45, 7) is 3.88. The Labute approximate surface area is 174 Å². The molecule has 0 fully saturated rings. The molecule has 0 unspecified atom stereocenters. The lowest BCUT2D eigenvalue weighted by Gasteiger charge is -2.21. The molecule has 4 aromatic rings. The summed E-state index contributed by atoms with van der Waals surface area (Å²) in [7, 11) is -0.986. The van der Waals surface area contributed by atoms with E-state index in [-0.39, 0.29) is 0 Å². The van der Waals surface area contributed by atoms with Crippen LogP contribution in [0.3, 0.4) is 0 Å². The van der Waals surface area contributed by atoms with Crippen molar-refractivity contribution in [2.75, 3.05) is 0 Å². The lowest BCUT2D eigenvalue weighted by atomic mass is 10.2. The Morgan fingerprint density at radius 3 is 1.70 bits per heavy atom. The van der Waals surface area contributed by atoms with Crippen LogP contribution >= 0.6 is 7.92 Å². The topological polar surface area (TPSA) is 17.8 Å². The summed E-state index contributed by atoms with van der Waals surface area (Å²) >= 11 is 0. The molecule has 0 bridgehead atoms. The fraction of sp³-hybridized carbons (Fsp3) is 0.125. The van der Waals surface area contributed by atoms with Crippen LogP contribution in [-0.2, 0) is 6.18 Å². The molecule has 1 heterocycles. The molecular formula is C24H20F3N2P. The highest BCUT2D eigenvalue weighted by molar-refractivity contribution is 7.79. The Kier molecular flexibility index (Phi) is 5.48. The number of hydrogen-bond acceptors (Lipinski definition) is 1. The summed E-state index contributed by atoms with van der Waals surface area (Å²) in [5.74, 6) is 0. The monoisotopic (exact) mass is 424 g/mol. The van der Waals surface area contributed by atoms with E-state index in [1.807, 2.05) is 54.8 Å². The predicted octanol–water partition coefficient (Wildman–Crippen LogP) is 5.27. The Hall–Kier alpha value is -2.91. The van der Waals surface area contributed by atoms with Gasteiger partial charge in [0.15, 0.2) is 0 Å². The highest BCUT2D eigenvalue weighted by atomic mass is 31.1. The average Bonchev–Trinajstić information content (AvgIpc) is 3.03. The molecule has 0 radical (unpaired) electrons. The van der Waals surface area contributed by atoms with Crippen molar-refractivity contribution < 1.29 is 13.2 Å². The van der Waals surface area contributed by atoms with E-state index in [9.17, 15) is 13.2 Å². The summed E-state index contributed by atoms with van der Waals surface area (Å²) in [4.78, 5) is 4.88. The smallest absolute Gasteiger partial charge is 0.297 e. The van der Waals surface area contributed by atoms with Crippen molar-refractivity contribution in [1.29, 1.82) is 0 Å². The number of benzene rings is 3. The lowest BCUT2D eigenvalue weighted by Crippen LogP contribution is -2.27. The maximum absolute atomic E-state index is 13.0. The zero-order valence-electron chi connectivity index (χ0n) is 16.6. The van der Waals surface area contributed by atoms with Crippen molar-refractivity contribution in [2.45, 2.75) is 20.0 Å². The van der Waals surface area contributed by atoms with E-state index >= 15 is 0 Å². The van der Waals surface area contributed by atoms with Gasteiger partial charge in [-0.05, 0) is 48.7 Å². The van der Waals surface area contributed by atoms with E-state index in [0.717, 1.165) is 39.7 Å². The van der Waals surface area contributed by atoms with Gasteiger partial charge in [-0.3, -0.25) is 4.57 Å². The molecule has 0 spiro atoms. The zero-order chi connectivity index (χ0) is 21.3. The molecule has 6 heteroatoms. The number of imidazole rings is 1. The molecule has 0 aliphatic carbocycles. The molecule has 1 aromatic heterocycles. The lowest BCUT2D eigenvalue weighted by molar-refractivity contribution is -0.137. The van der Waals surface area contributed by atoms with Gasteiger partial charge in [0, 0.05) is 19.3 Å². The van der Waals surface area contributed by atoms with E-state index < -0.39 is 19.7 Å². The molecular weight excluding hydrogens is 404 g/mol. The van der Waals surface area contributed by atoms with Crippen molar-refractivity contribution in [1.82, 2.24) is 9.55 Å². The first-order valence-electron chi connectivity index (χ1n) is 9.50. The highest BCUT2D eigenvalue weighted by Gasteiger charge is 2.30. The molecule has 0 atom stereocenters. The standard InChI is InChI=1S/C24H20F3N2P/c1-17-18(2)29(20-15-13-19(14-16-20)24(25,26)27)23(28-17)30(21-9-5-3-6-10-21)22-11-7-4-8-12-22/h3-16H,1-2H3. The Morgan fingerprint density at radius 1 is 0.733 bits per heavy atom. The second kappa shape index (κ2) is 8.08. The van der Waals surface area contributed by atoms with Gasteiger partial charge in [0.25, 0.3) is 0 Å².